The monoisotopic (exact) mass is 313 g/mol. The molecule has 0 bridgehead atoms. The fourth-order valence-electron chi connectivity index (χ4n) is 2.38. The van der Waals surface area contributed by atoms with Gasteiger partial charge in [-0.25, -0.2) is 9.07 Å². The number of hydrogen-bond donors (Lipinski definition) is 1. The third kappa shape index (κ3) is 3.37. The first-order valence-corrected chi connectivity index (χ1v) is 7.43. The van der Waals surface area contributed by atoms with E-state index in [9.17, 15) is 9.18 Å². The van der Waals surface area contributed by atoms with Crippen molar-refractivity contribution in [3.63, 3.8) is 0 Å². The van der Waals surface area contributed by atoms with Crippen LogP contribution in [0.5, 0.6) is 0 Å². The lowest BCUT2D eigenvalue weighted by molar-refractivity contribution is 0.0936. The summed E-state index contributed by atoms with van der Waals surface area (Å²) < 4.78 is 14.5. The molecule has 1 fully saturated rings. The molecule has 0 aliphatic heterocycles. The van der Waals surface area contributed by atoms with Crippen LogP contribution in [0.2, 0.25) is 0 Å². The van der Waals surface area contributed by atoms with Crippen LogP contribution in [0.3, 0.4) is 0 Å². The van der Waals surface area contributed by atoms with E-state index in [0.29, 0.717) is 12.2 Å². The molecule has 0 unspecified atom stereocenters. The first-order valence-electron chi connectivity index (χ1n) is 7.43. The van der Waals surface area contributed by atoms with Crippen molar-refractivity contribution in [1.29, 1.82) is 5.26 Å². The Morgan fingerprint density at radius 1 is 1.48 bits per heavy atom. The number of amides is 1. The van der Waals surface area contributed by atoms with E-state index in [1.807, 2.05) is 0 Å². The molecular formula is C16H16FN5O. The van der Waals surface area contributed by atoms with Gasteiger partial charge < -0.3 is 5.32 Å². The second-order valence-corrected chi connectivity index (χ2v) is 5.73. The Morgan fingerprint density at radius 2 is 2.17 bits per heavy atom. The van der Waals surface area contributed by atoms with Gasteiger partial charge in [0.2, 0.25) is 0 Å². The van der Waals surface area contributed by atoms with E-state index in [0.717, 1.165) is 18.4 Å². The number of nitrogens with one attached hydrogen (secondary N) is 1. The third-order valence-corrected chi connectivity index (χ3v) is 3.96. The van der Waals surface area contributed by atoms with E-state index in [4.69, 9.17) is 5.26 Å². The summed E-state index contributed by atoms with van der Waals surface area (Å²) in [5.74, 6) is -0.434. The van der Waals surface area contributed by atoms with E-state index in [-0.39, 0.29) is 23.3 Å². The smallest absolute Gasteiger partial charge is 0.274 e. The minimum Gasteiger partial charge on any atom is -0.335 e. The molecule has 1 aromatic heterocycles. The number of carbonyl (C=O) groups is 1. The summed E-state index contributed by atoms with van der Waals surface area (Å²) in [7, 11) is 0. The van der Waals surface area contributed by atoms with Crippen molar-refractivity contribution in [2.75, 3.05) is 0 Å². The Balaban J connectivity index is 1.72. The maximum atomic E-state index is 12.9. The van der Waals surface area contributed by atoms with Gasteiger partial charge in [0, 0.05) is 0 Å². The molecule has 0 radical (unpaired) electrons. The number of rotatable bonds is 5. The van der Waals surface area contributed by atoms with Crippen LogP contribution in [0.15, 0.2) is 24.3 Å². The molecule has 0 spiro atoms. The molecular weight excluding hydrogens is 297 g/mol. The van der Waals surface area contributed by atoms with Crippen LogP contribution >= 0.6 is 0 Å². The molecule has 1 heterocycles. The van der Waals surface area contributed by atoms with E-state index in [1.165, 1.54) is 12.1 Å². The molecule has 118 valence electrons. The zero-order valence-electron chi connectivity index (χ0n) is 12.7. The van der Waals surface area contributed by atoms with Crippen molar-refractivity contribution >= 4 is 5.91 Å². The quantitative estimate of drug-likeness (QED) is 0.912. The second kappa shape index (κ2) is 6.16. The molecule has 23 heavy (non-hydrogen) atoms. The van der Waals surface area contributed by atoms with E-state index >= 15 is 0 Å². The summed E-state index contributed by atoms with van der Waals surface area (Å²) in [4.78, 5) is 12.2. The van der Waals surface area contributed by atoms with E-state index in [2.05, 4.69) is 21.7 Å². The molecule has 1 aliphatic carbocycles. The molecule has 1 aliphatic rings. The largest absolute Gasteiger partial charge is 0.335 e. The van der Waals surface area contributed by atoms with Crippen molar-refractivity contribution in [3.8, 4) is 6.07 Å². The SMILES string of the molecule is Cc1c(C(=O)N[C@@H](C#N)C2CC2)nnn1Cc1ccc(F)cc1. The predicted molar refractivity (Wildman–Crippen MR) is 79.9 cm³/mol. The maximum absolute atomic E-state index is 12.9. The minimum absolute atomic E-state index is 0.216. The van der Waals surface area contributed by atoms with Gasteiger partial charge >= 0.3 is 0 Å². The predicted octanol–water partition coefficient (Wildman–Crippen LogP) is 1.81. The van der Waals surface area contributed by atoms with Crippen LogP contribution in [0.25, 0.3) is 0 Å². The van der Waals surface area contributed by atoms with Crippen LogP contribution < -0.4 is 5.32 Å². The lowest BCUT2D eigenvalue weighted by atomic mass is 10.2. The number of halogens is 1. The summed E-state index contributed by atoms with van der Waals surface area (Å²) >= 11 is 0. The topological polar surface area (TPSA) is 83.6 Å². The van der Waals surface area contributed by atoms with E-state index in [1.54, 1.807) is 23.7 Å². The van der Waals surface area contributed by atoms with Crippen molar-refractivity contribution in [2.24, 2.45) is 5.92 Å². The number of benzene rings is 1. The molecule has 1 aromatic carbocycles. The molecule has 1 N–H and O–H groups in total. The molecule has 1 saturated carbocycles. The van der Waals surface area contributed by atoms with Crippen molar-refractivity contribution in [2.45, 2.75) is 32.4 Å². The van der Waals surface area contributed by atoms with Crippen molar-refractivity contribution in [1.82, 2.24) is 20.3 Å². The van der Waals surface area contributed by atoms with Crippen LogP contribution in [-0.2, 0) is 6.54 Å². The van der Waals surface area contributed by atoms with Crippen LogP contribution in [0.1, 0.15) is 34.6 Å². The lowest BCUT2D eigenvalue weighted by Crippen LogP contribution is -2.35. The summed E-state index contributed by atoms with van der Waals surface area (Å²) in [5, 5.41) is 19.7. The first-order chi connectivity index (χ1) is 11.1. The number of aromatic nitrogens is 3. The number of carbonyl (C=O) groups excluding carboxylic acids is 1. The molecule has 7 heteroatoms. The molecule has 2 aromatic rings. The Labute approximate surface area is 132 Å². The first kappa shape index (κ1) is 15.2. The van der Waals surface area contributed by atoms with E-state index < -0.39 is 6.04 Å². The highest BCUT2D eigenvalue weighted by Gasteiger charge is 2.33. The van der Waals surface area contributed by atoms with Gasteiger partial charge in [0.05, 0.1) is 18.3 Å². The Morgan fingerprint density at radius 3 is 2.78 bits per heavy atom. The summed E-state index contributed by atoms with van der Waals surface area (Å²) in [5.41, 5.74) is 1.69. The number of nitrogens with zero attached hydrogens (tertiary/aromatic N) is 4. The maximum Gasteiger partial charge on any atom is 0.274 e. The Bertz CT molecular complexity index is 758. The average Bonchev–Trinajstić information content (AvgIpc) is 3.32. The molecule has 1 amide bonds. The van der Waals surface area contributed by atoms with Gasteiger partial charge in [-0.15, -0.1) is 5.10 Å². The fourth-order valence-corrected chi connectivity index (χ4v) is 2.38. The van der Waals surface area contributed by atoms with Gasteiger partial charge in [-0.3, -0.25) is 4.79 Å². The third-order valence-electron chi connectivity index (χ3n) is 3.96. The number of nitriles is 1. The summed E-state index contributed by atoms with van der Waals surface area (Å²) in [6.45, 7) is 2.15. The molecule has 6 nitrogen and oxygen atoms in total. The van der Waals surface area contributed by atoms with Crippen molar-refractivity contribution in [3.05, 3.63) is 47.0 Å². The zero-order chi connectivity index (χ0) is 16.4. The normalized spacial score (nSPS) is 15.0. The average molecular weight is 313 g/mol. The van der Waals surface area contributed by atoms with Gasteiger partial charge in [0.15, 0.2) is 5.69 Å². The van der Waals surface area contributed by atoms with Gasteiger partial charge in [0.25, 0.3) is 5.91 Å². The Hall–Kier alpha value is -2.75. The second-order valence-electron chi connectivity index (χ2n) is 5.73. The van der Waals surface area contributed by atoms with Gasteiger partial charge in [0.1, 0.15) is 11.9 Å². The van der Waals surface area contributed by atoms with Crippen LogP contribution in [-0.4, -0.2) is 26.9 Å². The fraction of sp³-hybridized carbons (Fsp3) is 0.375. The highest BCUT2D eigenvalue weighted by molar-refractivity contribution is 5.93. The zero-order valence-corrected chi connectivity index (χ0v) is 12.7. The van der Waals surface area contributed by atoms with Gasteiger partial charge in [-0.05, 0) is 43.4 Å². The standard InChI is InChI=1S/C16H16FN5O/c1-10-15(16(23)19-14(8-18)12-4-5-12)20-21-22(10)9-11-2-6-13(17)7-3-11/h2-3,6-7,12,14H,4-5,9H2,1H3,(H,19,23)/t14-/m0/s1. The van der Waals surface area contributed by atoms with Crippen LogP contribution in [0.4, 0.5) is 4.39 Å². The lowest BCUT2D eigenvalue weighted by Gasteiger charge is -2.09. The van der Waals surface area contributed by atoms with Gasteiger partial charge in [-0.1, -0.05) is 17.3 Å². The molecule has 0 saturated heterocycles. The molecule has 3 rings (SSSR count). The van der Waals surface area contributed by atoms with Crippen molar-refractivity contribution < 1.29 is 9.18 Å². The highest BCUT2D eigenvalue weighted by Crippen LogP contribution is 2.32. The number of hydrogen-bond acceptors (Lipinski definition) is 4. The van der Waals surface area contributed by atoms with Crippen LogP contribution in [0, 0.1) is 30.0 Å². The summed E-state index contributed by atoms with van der Waals surface area (Å²) in [6.07, 6.45) is 1.93. The summed E-state index contributed by atoms with van der Waals surface area (Å²) in [6, 6.07) is 7.72. The highest BCUT2D eigenvalue weighted by atomic mass is 19.1. The van der Waals surface area contributed by atoms with Gasteiger partial charge in [-0.2, -0.15) is 5.26 Å². The minimum atomic E-state index is -0.468. The Kier molecular flexibility index (Phi) is 4.06. The molecule has 1 atom stereocenters.